The average molecular weight is 319 g/mol. The van der Waals surface area contributed by atoms with E-state index in [9.17, 15) is 18.3 Å². The molecule has 6 heteroatoms. The second kappa shape index (κ2) is 6.65. The summed E-state index contributed by atoms with van der Waals surface area (Å²) in [4.78, 5) is 11.6. The van der Waals surface area contributed by atoms with Gasteiger partial charge >= 0.3 is 5.97 Å². The maximum atomic E-state index is 12.2. The first-order valence-electron chi connectivity index (χ1n) is 7.75. The summed E-state index contributed by atoms with van der Waals surface area (Å²) in [5.41, 5.74) is -1.40. The van der Waals surface area contributed by atoms with Crippen molar-refractivity contribution in [2.24, 2.45) is 11.3 Å². The van der Waals surface area contributed by atoms with Crippen molar-refractivity contribution in [1.29, 1.82) is 0 Å². The third kappa shape index (κ3) is 5.58. The molecule has 1 rings (SSSR count). The summed E-state index contributed by atoms with van der Waals surface area (Å²) in [5, 5.41) is 9.51. The zero-order valence-corrected chi connectivity index (χ0v) is 14.4. The van der Waals surface area contributed by atoms with E-state index in [1.54, 1.807) is 0 Å². The molecular weight excluding hydrogens is 290 g/mol. The summed E-state index contributed by atoms with van der Waals surface area (Å²) in [6.07, 6.45) is 3.84. The van der Waals surface area contributed by atoms with Crippen LogP contribution in [0.15, 0.2) is 0 Å². The van der Waals surface area contributed by atoms with E-state index in [4.69, 9.17) is 0 Å². The highest BCUT2D eigenvalue weighted by Gasteiger charge is 2.44. The lowest BCUT2D eigenvalue weighted by molar-refractivity contribution is -0.145. The van der Waals surface area contributed by atoms with Crippen molar-refractivity contribution in [3.63, 3.8) is 0 Å². The number of hydrogen-bond acceptors (Lipinski definition) is 3. The van der Waals surface area contributed by atoms with Crippen LogP contribution in [-0.4, -0.2) is 30.8 Å². The third-order valence-electron chi connectivity index (χ3n) is 4.42. The van der Waals surface area contributed by atoms with Gasteiger partial charge in [0.25, 0.3) is 0 Å². The summed E-state index contributed by atoms with van der Waals surface area (Å²) >= 11 is 0. The minimum Gasteiger partial charge on any atom is -0.480 e. The predicted molar refractivity (Wildman–Crippen MR) is 83.6 cm³/mol. The molecule has 1 fully saturated rings. The van der Waals surface area contributed by atoms with E-state index in [-0.39, 0.29) is 11.2 Å². The topological polar surface area (TPSA) is 83.5 Å². The molecule has 1 aliphatic rings. The van der Waals surface area contributed by atoms with E-state index in [1.165, 1.54) is 0 Å². The van der Waals surface area contributed by atoms with Gasteiger partial charge in [0, 0.05) is 0 Å². The van der Waals surface area contributed by atoms with Gasteiger partial charge in [-0.15, -0.1) is 0 Å². The normalized spacial score (nSPS) is 27.5. The Morgan fingerprint density at radius 1 is 1.29 bits per heavy atom. The fraction of sp³-hybridized carbons (Fsp3) is 0.933. The monoisotopic (exact) mass is 319 g/mol. The number of carboxylic acids is 1. The Hall–Kier alpha value is -0.620. The number of carboxylic acid groups (broad SMARTS) is 1. The van der Waals surface area contributed by atoms with Crippen LogP contribution in [0.5, 0.6) is 0 Å². The zero-order valence-electron chi connectivity index (χ0n) is 13.6. The van der Waals surface area contributed by atoms with Crippen LogP contribution < -0.4 is 4.72 Å². The van der Waals surface area contributed by atoms with Gasteiger partial charge in [-0.05, 0) is 43.4 Å². The van der Waals surface area contributed by atoms with Crippen LogP contribution in [0, 0.1) is 11.3 Å². The lowest BCUT2D eigenvalue weighted by Crippen LogP contribution is -2.56. The van der Waals surface area contributed by atoms with Crippen LogP contribution in [0.1, 0.15) is 66.2 Å². The summed E-state index contributed by atoms with van der Waals surface area (Å²) < 4.78 is 27.0. The Morgan fingerprint density at radius 3 is 2.19 bits per heavy atom. The number of sulfonamides is 1. The van der Waals surface area contributed by atoms with Gasteiger partial charge in [-0.1, -0.05) is 34.1 Å². The molecule has 0 aromatic heterocycles. The third-order valence-corrected chi connectivity index (χ3v) is 5.86. The minimum atomic E-state index is -3.57. The summed E-state index contributed by atoms with van der Waals surface area (Å²) in [6, 6.07) is 0. The van der Waals surface area contributed by atoms with Crippen LogP contribution in [0.4, 0.5) is 0 Å². The zero-order chi connectivity index (χ0) is 16.3. The smallest absolute Gasteiger partial charge is 0.324 e. The van der Waals surface area contributed by atoms with Crippen LogP contribution in [0.2, 0.25) is 0 Å². The van der Waals surface area contributed by atoms with E-state index < -0.39 is 21.5 Å². The quantitative estimate of drug-likeness (QED) is 0.788. The summed E-state index contributed by atoms with van der Waals surface area (Å²) in [7, 11) is -3.57. The Morgan fingerprint density at radius 2 is 1.81 bits per heavy atom. The van der Waals surface area contributed by atoms with E-state index in [0.29, 0.717) is 25.2 Å². The predicted octanol–water partition coefficient (Wildman–Crippen LogP) is 2.77. The molecule has 5 nitrogen and oxygen atoms in total. The standard InChI is InChI=1S/C15H29NO4S/c1-5-12-6-8-15(9-7-12,13(17)18)16-21(19,20)11-10-14(2,3)4/h12,16H,5-11H2,1-4H3,(H,17,18). The number of rotatable bonds is 6. The van der Waals surface area contributed by atoms with Crippen molar-refractivity contribution in [3.8, 4) is 0 Å². The van der Waals surface area contributed by atoms with E-state index in [1.807, 2.05) is 20.8 Å². The molecule has 1 aliphatic carbocycles. The Bertz CT molecular complexity index is 457. The minimum absolute atomic E-state index is 0.0251. The Labute approximate surface area is 128 Å². The molecule has 0 amide bonds. The molecule has 0 aliphatic heterocycles. The molecule has 2 N–H and O–H groups in total. The van der Waals surface area contributed by atoms with Crippen molar-refractivity contribution in [3.05, 3.63) is 0 Å². The van der Waals surface area contributed by atoms with Crippen molar-refractivity contribution in [1.82, 2.24) is 4.72 Å². The maximum absolute atomic E-state index is 12.2. The first kappa shape index (κ1) is 18.4. The van der Waals surface area contributed by atoms with Gasteiger partial charge in [-0.3, -0.25) is 4.79 Å². The van der Waals surface area contributed by atoms with Gasteiger partial charge in [-0.2, -0.15) is 4.72 Å². The van der Waals surface area contributed by atoms with Gasteiger partial charge < -0.3 is 5.11 Å². The van der Waals surface area contributed by atoms with Gasteiger partial charge in [0.05, 0.1) is 5.75 Å². The van der Waals surface area contributed by atoms with Gasteiger partial charge in [0.1, 0.15) is 5.54 Å². The van der Waals surface area contributed by atoms with Gasteiger partial charge in [0.15, 0.2) is 0 Å². The lowest BCUT2D eigenvalue weighted by Gasteiger charge is -2.37. The fourth-order valence-corrected chi connectivity index (χ4v) is 4.60. The van der Waals surface area contributed by atoms with Crippen LogP contribution in [0.25, 0.3) is 0 Å². The van der Waals surface area contributed by atoms with Gasteiger partial charge in [-0.25, -0.2) is 8.42 Å². The highest BCUT2D eigenvalue weighted by Crippen LogP contribution is 2.34. The molecule has 0 aromatic rings. The molecule has 124 valence electrons. The Kier molecular flexibility index (Phi) is 5.83. The lowest BCUT2D eigenvalue weighted by atomic mass is 9.76. The summed E-state index contributed by atoms with van der Waals surface area (Å²) in [6.45, 7) is 8.01. The largest absolute Gasteiger partial charge is 0.480 e. The molecule has 0 radical (unpaired) electrons. The molecule has 0 atom stereocenters. The summed E-state index contributed by atoms with van der Waals surface area (Å²) in [5.74, 6) is -0.559. The molecule has 0 unspecified atom stereocenters. The van der Waals surface area contributed by atoms with Crippen LogP contribution in [0.3, 0.4) is 0 Å². The second-order valence-electron chi connectivity index (χ2n) is 7.47. The highest BCUT2D eigenvalue weighted by atomic mass is 32.2. The molecule has 1 saturated carbocycles. The van der Waals surface area contributed by atoms with Crippen molar-refractivity contribution in [2.75, 3.05) is 5.75 Å². The van der Waals surface area contributed by atoms with Gasteiger partial charge in [0.2, 0.25) is 10.0 Å². The molecule has 0 bridgehead atoms. The molecule has 21 heavy (non-hydrogen) atoms. The molecular formula is C15H29NO4S. The molecule has 0 saturated heterocycles. The average Bonchev–Trinajstić information content (AvgIpc) is 2.36. The van der Waals surface area contributed by atoms with E-state index >= 15 is 0 Å². The van der Waals surface area contributed by atoms with E-state index in [2.05, 4.69) is 11.6 Å². The van der Waals surface area contributed by atoms with Crippen molar-refractivity contribution >= 4 is 16.0 Å². The fourth-order valence-electron chi connectivity index (χ4n) is 2.73. The number of nitrogens with one attached hydrogen (secondary N) is 1. The first-order valence-corrected chi connectivity index (χ1v) is 9.40. The van der Waals surface area contributed by atoms with Crippen molar-refractivity contribution in [2.45, 2.75) is 71.8 Å². The number of carbonyl (C=O) groups is 1. The van der Waals surface area contributed by atoms with Crippen LogP contribution >= 0.6 is 0 Å². The molecule has 0 heterocycles. The maximum Gasteiger partial charge on any atom is 0.324 e. The van der Waals surface area contributed by atoms with E-state index in [0.717, 1.165) is 19.3 Å². The SMILES string of the molecule is CCC1CCC(NS(=O)(=O)CCC(C)(C)C)(C(=O)O)CC1. The Balaban J connectivity index is 2.77. The second-order valence-corrected chi connectivity index (χ2v) is 9.31. The molecule has 0 spiro atoms. The number of hydrogen-bond donors (Lipinski definition) is 2. The first-order chi connectivity index (χ1) is 9.50. The van der Waals surface area contributed by atoms with Crippen LogP contribution in [-0.2, 0) is 14.8 Å². The number of aliphatic carboxylic acids is 1. The van der Waals surface area contributed by atoms with Crippen molar-refractivity contribution < 1.29 is 18.3 Å². The highest BCUT2D eigenvalue weighted by molar-refractivity contribution is 7.89. The molecule has 0 aromatic carbocycles.